The number of hydrogen-bond donors (Lipinski definition) is 3. The third-order valence-electron chi connectivity index (χ3n) is 6.04. The van der Waals surface area contributed by atoms with Gasteiger partial charge in [-0.15, -0.1) is 0 Å². The molecule has 11 nitrogen and oxygen atoms in total. The summed E-state index contributed by atoms with van der Waals surface area (Å²) < 4.78 is 5.11. The van der Waals surface area contributed by atoms with E-state index in [0.717, 1.165) is 37.6 Å². The number of benzene rings is 1. The minimum absolute atomic E-state index is 0.0182. The summed E-state index contributed by atoms with van der Waals surface area (Å²) in [7, 11) is 0. The molecule has 5 rings (SSSR count). The van der Waals surface area contributed by atoms with Crippen LogP contribution >= 0.6 is 0 Å². The molecule has 0 spiro atoms. The van der Waals surface area contributed by atoms with Crippen LogP contribution < -0.4 is 20.9 Å². The van der Waals surface area contributed by atoms with Crippen molar-refractivity contribution >= 4 is 34.9 Å². The zero-order valence-corrected chi connectivity index (χ0v) is 22.0. The Hall–Kier alpha value is -4.64. The predicted octanol–water partition coefficient (Wildman–Crippen LogP) is 3.64. The molecule has 39 heavy (non-hydrogen) atoms. The number of aromatic nitrogens is 5. The number of carbonyl (C=O) groups excluding carboxylic acids is 1. The molecule has 1 fully saturated rings. The van der Waals surface area contributed by atoms with E-state index in [-0.39, 0.29) is 12.4 Å². The van der Waals surface area contributed by atoms with Crippen molar-refractivity contribution in [2.45, 2.75) is 20.3 Å². The Morgan fingerprint density at radius 2 is 1.79 bits per heavy atom. The molecule has 1 aliphatic rings. The van der Waals surface area contributed by atoms with Crippen LogP contribution in [-0.4, -0.2) is 63.7 Å². The summed E-state index contributed by atoms with van der Waals surface area (Å²) in [5.41, 5.74) is 4.05. The van der Waals surface area contributed by atoms with E-state index in [1.807, 2.05) is 37.3 Å². The van der Waals surface area contributed by atoms with Crippen LogP contribution in [0.15, 0.2) is 60.8 Å². The minimum atomic E-state index is -0.359. The number of ether oxygens (including phenoxy) is 1. The first-order valence-corrected chi connectivity index (χ1v) is 13.0. The molecular weight excluding hydrogens is 494 g/mol. The molecule has 0 bridgehead atoms. The Morgan fingerprint density at radius 3 is 2.56 bits per heavy atom. The van der Waals surface area contributed by atoms with E-state index >= 15 is 0 Å². The van der Waals surface area contributed by atoms with Crippen LogP contribution in [0.25, 0.3) is 11.5 Å². The third kappa shape index (κ3) is 7.02. The standard InChI is InChI=1S/C28H31N9O2/c1-3-39-26(38)18-21-17-25(35-27(32-21)23-6-4-5-19(2)31-23)34-24-11-12-30-28(36-24)33-20-7-9-22(10-8-20)37-15-13-29-14-16-37/h4-12,17,29H,3,13-16,18H2,1-2H3,(H2,30,32,33,34,35,36). The molecule has 0 atom stereocenters. The van der Waals surface area contributed by atoms with Crippen LogP contribution in [-0.2, 0) is 16.0 Å². The maximum Gasteiger partial charge on any atom is 0.311 e. The first kappa shape index (κ1) is 26.0. The van der Waals surface area contributed by atoms with E-state index in [0.29, 0.717) is 41.4 Å². The highest BCUT2D eigenvalue weighted by Crippen LogP contribution is 2.23. The van der Waals surface area contributed by atoms with E-state index in [9.17, 15) is 4.79 Å². The maximum absolute atomic E-state index is 12.2. The molecule has 11 heteroatoms. The SMILES string of the molecule is CCOC(=O)Cc1cc(Nc2ccnc(Nc3ccc(N4CCNCC4)cc3)n2)nc(-c2cccc(C)n2)n1. The Bertz CT molecular complexity index is 1420. The van der Waals surface area contributed by atoms with Gasteiger partial charge in [0, 0.05) is 55.5 Å². The van der Waals surface area contributed by atoms with Crippen LogP contribution in [0.1, 0.15) is 18.3 Å². The number of anilines is 5. The van der Waals surface area contributed by atoms with Crippen molar-refractivity contribution in [1.29, 1.82) is 0 Å². The van der Waals surface area contributed by atoms with Gasteiger partial charge in [-0.2, -0.15) is 4.98 Å². The van der Waals surface area contributed by atoms with Crippen LogP contribution in [0.5, 0.6) is 0 Å². The lowest BCUT2D eigenvalue weighted by Crippen LogP contribution is -2.43. The van der Waals surface area contributed by atoms with Gasteiger partial charge in [0.1, 0.15) is 17.3 Å². The number of pyridine rings is 1. The first-order valence-electron chi connectivity index (χ1n) is 13.0. The van der Waals surface area contributed by atoms with Crippen molar-refractivity contribution in [3.8, 4) is 11.5 Å². The maximum atomic E-state index is 12.2. The second-order valence-electron chi connectivity index (χ2n) is 9.01. The second-order valence-corrected chi connectivity index (χ2v) is 9.01. The molecule has 4 aromatic rings. The normalized spacial score (nSPS) is 13.1. The third-order valence-corrected chi connectivity index (χ3v) is 6.04. The molecule has 3 aromatic heterocycles. The molecule has 0 radical (unpaired) electrons. The Balaban J connectivity index is 1.34. The lowest BCUT2D eigenvalue weighted by Gasteiger charge is -2.29. The molecule has 0 aliphatic carbocycles. The Morgan fingerprint density at radius 1 is 0.974 bits per heavy atom. The van der Waals surface area contributed by atoms with E-state index in [2.05, 4.69) is 57.9 Å². The molecule has 1 aliphatic heterocycles. The Kier molecular flexibility index (Phi) is 8.18. The molecule has 200 valence electrons. The lowest BCUT2D eigenvalue weighted by molar-refractivity contribution is -0.142. The summed E-state index contributed by atoms with van der Waals surface area (Å²) in [5.74, 6) is 1.50. The van der Waals surface area contributed by atoms with Gasteiger partial charge in [0.2, 0.25) is 5.95 Å². The number of piperazine rings is 1. The van der Waals surface area contributed by atoms with Crippen molar-refractivity contribution in [1.82, 2.24) is 30.2 Å². The van der Waals surface area contributed by atoms with Gasteiger partial charge < -0.3 is 25.6 Å². The van der Waals surface area contributed by atoms with E-state index in [1.54, 1.807) is 25.3 Å². The second kappa shape index (κ2) is 12.3. The molecule has 0 unspecified atom stereocenters. The van der Waals surface area contributed by atoms with Crippen molar-refractivity contribution in [2.75, 3.05) is 48.3 Å². The van der Waals surface area contributed by atoms with E-state index in [4.69, 9.17) is 4.74 Å². The summed E-state index contributed by atoms with van der Waals surface area (Å²) >= 11 is 0. The quantitative estimate of drug-likeness (QED) is 0.277. The predicted molar refractivity (Wildman–Crippen MR) is 150 cm³/mol. The highest BCUT2D eigenvalue weighted by atomic mass is 16.5. The van der Waals surface area contributed by atoms with Gasteiger partial charge in [-0.3, -0.25) is 4.79 Å². The van der Waals surface area contributed by atoms with Crippen LogP contribution in [0.3, 0.4) is 0 Å². The van der Waals surface area contributed by atoms with Gasteiger partial charge >= 0.3 is 5.97 Å². The van der Waals surface area contributed by atoms with Gasteiger partial charge in [0.15, 0.2) is 5.82 Å². The van der Waals surface area contributed by atoms with Gasteiger partial charge in [-0.1, -0.05) is 6.07 Å². The smallest absolute Gasteiger partial charge is 0.311 e. The average molecular weight is 526 g/mol. The molecule has 0 amide bonds. The van der Waals surface area contributed by atoms with Crippen molar-refractivity contribution in [3.63, 3.8) is 0 Å². The number of carbonyl (C=O) groups is 1. The fourth-order valence-corrected chi connectivity index (χ4v) is 4.22. The summed E-state index contributed by atoms with van der Waals surface area (Å²) in [5, 5.41) is 9.85. The molecular formula is C28H31N9O2. The zero-order valence-electron chi connectivity index (χ0n) is 22.0. The largest absolute Gasteiger partial charge is 0.466 e. The topological polar surface area (TPSA) is 130 Å². The number of esters is 1. The van der Waals surface area contributed by atoms with Crippen molar-refractivity contribution in [3.05, 3.63) is 72.2 Å². The van der Waals surface area contributed by atoms with E-state index < -0.39 is 0 Å². The molecule has 0 saturated carbocycles. The number of aryl methyl sites for hydroxylation is 1. The summed E-state index contributed by atoms with van der Waals surface area (Å²) in [6.45, 7) is 7.95. The molecule has 4 heterocycles. The van der Waals surface area contributed by atoms with Crippen LogP contribution in [0.4, 0.5) is 29.0 Å². The monoisotopic (exact) mass is 525 g/mol. The number of hydrogen-bond acceptors (Lipinski definition) is 11. The fraction of sp³-hybridized carbons (Fsp3) is 0.286. The fourth-order valence-electron chi connectivity index (χ4n) is 4.22. The number of nitrogens with zero attached hydrogens (tertiary/aromatic N) is 6. The number of nitrogens with one attached hydrogen (secondary N) is 3. The first-order chi connectivity index (χ1) is 19.1. The van der Waals surface area contributed by atoms with Crippen molar-refractivity contribution in [2.24, 2.45) is 0 Å². The lowest BCUT2D eigenvalue weighted by atomic mass is 10.2. The minimum Gasteiger partial charge on any atom is -0.466 e. The van der Waals surface area contributed by atoms with Gasteiger partial charge in [-0.05, 0) is 56.3 Å². The van der Waals surface area contributed by atoms with Crippen LogP contribution in [0, 0.1) is 6.92 Å². The molecule has 3 N–H and O–H groups in total. The summed E-state index contributed by atoms with van der Waals surface area (Å²) in [6, 6.07) is 17.3. The van der Waals surface area contributed by atoms with Gasteiger partial charge in [0.25, 0.3) is 0 Å². The average Bonchev–Trinajstić information content (AvgIpc) is 2.94. The Labute approximate surface area is 227 Å². The van der Waals surface area contributed by atoms with Gasteiger partial charge in [-0.25, -0.2) is 19.9 Å². The van der Waals surface area contributed by atoms with Gasteiger partial charge in [0.05, 0.1) is 18.7 Å². The number of rotatable bonds is 9. The van der Waals surface area contributed by atoms with Crippen LogP contribution in [0.2, 0.25) is 0 Å². The molecule has 1 saturated heterocycles. The highest BCUT2D eigenvalue weighted by Gasteiger charge is 2.14. The summed E-state index contributed by atoms with van der Waals surface area (Å²) in [4.78, 5) is 37.2. The zero-order chi connectivity index (χ0) is 27.0. The molecule has 1 aromatic carbocycles. The van der Waals surface area contributed by atoms with E-state index in [1.165, 1.54) is 5.69 Å². The highest BCUT2D eigenvalue weighted by molar-refractivity contribution is 5.73. The summed E-state index contributed by atoms with van der Waals surface area (Å²) in [6.07, 6.45) is 1.68. The van der Waals surface area contributed by atoms with Crippen molar-refractivity contribution < 1.29 is 9.53 Å².